The second-order valence-corrected chi connectivity index (χ2v) is 8.01. The van der Waals surface area contributed by atoms with E-state index in [1.165, 1.54) is 41.0 Å². The Bertz CT molecular complexity index is 1160. The number of para-hydroxylation sites is 1. The molecule has 0 saturated heterocycles. The predicted molar refractivity (Wildman–Crippen MR) is 110 cm³/mol. The van der Waals surface area contributed by atoms with E-state index in [1.54, 1.807) is 36.4 Å². The normalized spacial score (nSPS) is 11.1. The van der Waals surface area contributed by atoms with Crippen LogP contribution in [0.3, 0.4) is 0 Å². The zero-order valence-corrected chi connectivity index (χ0v) is 16.9. The van der Waals surface area contributed by atoms with Gasteiger partial charge in [-0.05, 0) is 30.3 Å². The molecule has 0 N–H and O–H groups in total. The summed E-state index contributed by atoms with van der Waals surface area (Å²) in [4.78, 5) is 22.2. The number of anilines is 2. The fourth-order valence-corrected chi connectivity index (χ4v) is 4.47. The highest BCUT2D eigenvalue weighted by Crippen LogP contribution is 2.33. The van der Waals surface area contributed by atoms with Crippen molar-refractivity contribution in [2.45, 2.75) is 17.9 Å². The predicted octanol–water partition coefficient (Wildman–Crippen LogP) is 6.05. The maximum absolute atomic E-state index is 14.1. The number of halogens is 2. The number of oxazole rings is 1. The minimum atomic E-state index is -0.478. The molecule has 5 nitrogen and oxygen atoms in total. The Hall–Kier alpha value is -2.42. The van der Waals surface area contributed by atoms with Crippen LogP contribution in [-0.2, 0) is 10.5 Å². The fraction of sp³-hybridized carbons (Fsp3) is 0.105. The third kappa shape index (κ3) is 3.89. The SMILES string of the molecule is CC(=O)N(c1nc(CSc2nc3cc(Cl)ccc3o2)cs1)c1ccccc1F. The lowest BCUT2D eigenvalue weighted by Gasteiger charge is -2.18. The van der Waals surface area contributed by atoms with Gasteiger partial charge in [-0.2, -0.15) is 0 Å². The molecule has 0 bridgehead atoms. The number of hydrogen-bond acceptors (Lipinski definition) is 6. The fourth-order valence-electron chi connectivity index (χ4n) is 2.58. The molecule has 1 amide bonds. The van der Waals surface area contributed by atoms with Crippen LogP contribution >= 0.6 is 34.7 Å². The van der Waals surface area contributed by atoms with Gasteiger partial charge in [0.25, 0.3) is 5.22 Å². The number of nitrogens with zero attached hydrogens (tertiary/aromatic N) is 3. The summed E-state index contributed by atoms with van der Waals surface area (Å²) >= 11 is 8.62. The van der Waals surface area contributed by atoms with Gasteiger partial charge in [0, 0.05) is 23.1 Å². The standard InChI is InChI=1S/C19H13ClFN3O2S2/c1-11(25)24(16-5-3-2-4-14(16)21)18-22-13(9-27-18)10-28-19-23-15-8-12(20)6-7-17(15)26-19/h2-9H,10H2,1H3. The second-order valence-electron chi connectivity index (χ2n) is 5.81. The van der Waals surface area contributed by atoms with Gasteiger partial charge in [-0.1, -0.05) is 35.5 Å². The van der Waals surface area contributed by atoms with Crippen molar-refractivity contribution >= 4 is 62.5 Å². The summed E-state index contributed by atoms with van der Waals surface area (Å²) in [6.07, 6.45) is 0. The van der Waals surface area contributed by atoms with Crippen molar-refractivity contribution in [1.82, 2.24) is 9.97 Å². The molecular weight excluding hydrogens is 421 g/mol. The van der Waals surface area contributed by atoms with Crippen molar-refractivity contribution in [3.05, 3.63) is 64.4 Å². The minimum Gasteiger partial charge on any atom is -0.431 e. The molecule has 0 unspecified atom stereocenters. The van der Waals surface area contributed by atoms with Gasteiger partial charge in [0.1, 0.15) is 11.3 Å². The van der Waals surface area contributed by atoms with Gasteiger partial charge in [0.15, 0.2) is 10.7 Å². The van der Waals surface area contributed by atoms with Crippen LogP contribution < -0.4 is 4.90 Å². The summed E-state index contributed by atoms with van der Waals surface area (Å²) < 4.78 is 19.8. The van der Waals surface area contributed by atoms with Crippen LogP contribution in [0.25, 0.3) is 11.1 Å². The smallest absolute Gasteiger partial charge is 0.257 e. The first-order chi connectivity index (χ1) is 13.5. The van der Waals surface area contributed by atoms with Crippen molar-refractivity contribution in [3.8, 4) is 0 Å². The average Bonchev–Trinajstić information content (AvgIpc) is 3.28. The molecule has 142 valence electrons. The summed E-state index contributed by atoms with van der Waals surface area (Å²) in [6.45, 7) is 1.38. The van der Waals surface area contributed by atoms with Gasteiger partial charge >= 0.3 is 0 Å². The van der Waals surface area contributed by atoms with Gasteiger partial charge in [-0.3, -0.25) is 9.69 Å². The van der Waals surface area contributed by atoms with Gasteiger partial charge in [-0.25, -0.2) is 14.4 Å². The molecule has 4 aromatic rings. The number of rotatable bonds is 5. The molecule has 9 heteroatoms. The molecule has 0 fully saturated rings. The van der Waals surface area contributed by atoms with E-state index in [0.717, 1.165) is 5.69 Å². The largest absolute Gasteiger partial charge is 0.431 e. The summed E-state index contributed by atoms with van der Waals surface area (Å²) in [7, 11) is 0. The highest BCUT2D eigenvalue weighted by Gasteiger charge is 2.21. The Balaban J connectivity index is 1.53. The third-order valence-corrected chi connectivity index (χ3v) is 5.78. The molecule has 2 heterocycles. The van der Waals surface area contributed by atoms with E-state index >= 15 is 0 Å². The highest BCUT2D eigenvalue weighted by atomic mass is 35.5. The Morgan fingerprint density at radius 1 is 1.29 bits per heavy atom. The maximum atomic E-state index is 14.1. The molecule has 0 radical (unpaired) electrons. The Labute approximate surface area is 173 Å². The van der Waals surface area contributed by atoms with Crippen LogP contribution in [0, 0.1) is 5.82 Å². The van der Waals surface area contributed by atoms with E-state index in [0.29, 0.717) is 32.2 Å². The van der Waals surface area contributed by atoms with Crippen LogP contribution in [0.15, 0.2) is 57.5 Å². The van der Waals surface area contributed by atoms with E-state index < -0.39 is 5.82 Å². The molecule has 2 aromatic heterocycles. The van der Waals surface area contributed by atoms with Gasteiger partial charge in [0.05, 0.1) is 11.4 Å². The molecule has 0 aliphatic rings. The van der Waals surface area contributed by atoms with Crippen LogP contribution in [-0.4, -0.2) is 15.9 Å². The van der Waals surface area contributed by atoms with Crippen LogP contribution in [0.2, 0.25) is 5.02 Å². The van der Waals surface area contributed by atoms with Crippen molar-refractivity contribution in [1.29, 1.82) is 0 Å². The Morgan fingerprint density at radius 2 is 2.11 bits per heavy atom. The topological polar surface area (TPSA) is 59.2 Å². The maximum Gasteiger partial charge on any atom is 0.257 e. The molecule has 0 aliphatic carbocycles. The van der Waals surface area contributed by atoms with Crippen LogP contribution in [0.5, 0.6) is 0 Å². The van der Waals surface area contributed by atoms with Crippen molar-refractivity contribution < 1.29 is 13.6 Å². The zero-order chi connectivity index (χ0) is 19.7. The summed E-state index contributed by atoms with van der Waals surface area (Å²) in [5, 5.41) is 3.35. The second kappa shape index (κ2) is 7.90. The number of aromatic nitrogens is 2. The molecule has 0 aliphatic heterocycles. The van der Waals surface area contributed by atoms with Crippen LogP contribution in [0.4, 0.5) is 15.2 Å². The lowest BCUT2D eigenvalue weighted by atomic mass is 10.3. The van der Waals surface area contributed by atoms with E-state index in [-0.39, 0.29) is 11.6 Å². The Morgan fingerprint density at radius 3 is 2.89 bits per heavy atom. The molecular formula is C19H13ClFN3O2S2. The molecule has 28 heavy (non-hydrogen) atoms. The summed E-state index contributed by atoms with van der Waals surface area (Å²) in [5.74, 6) is -0.288. The number of benzene rings is 2. The number of hydrogen-bond donors (Lipinski definition) is 0. The number of carbonyl (C=O) groups excluding carboxylic acids is 1. The molecule has 0 atom stereocenters. The van der Waals surface area contributed by atoms with E-state index in [4.69, 9.17) is 16.0 Å². The van der Waals surface area contributed by atoms with E-state index in [2.05, 4.69) is 9.97 Å². The van der Waals surface area contributed by atoms with Crippen molar-refractivity contribution in [2.24, 2.45) is 0 Å². The summed E-state index contributed by atoms with van der Waals surface area (Å²) in [5.41, 5.74) is 2.27. The molecule has 4 rings (SSSR count). The van der Waals surface area contributed by atoms with Gasteiger partial charge in [0.2, 0.25) is 5.91 Å². The number of thioether (sulfide) groups is 1. The lowest BCUT2D eigenvalue weighted by Crippen LogP contribution is -2.23. The van der Waals surface area contributed by atoms with Crippen molar-refractivity contribution in [2.75, 3.05) is 4.90 Å². The number of fused-ring (bicyclic) bond motifs is 1. The number of thiazole rings is 1. The van der Waals surface area contributed by atoms with E-state index in [9.17, 15) is 9.18 Å². The first kappa shape index (κ1) is 18.9. The molecule has 0 spiro atoms. The quantitative estimate of drug-likeness (QED) is 0.358. The zero-order valence-electron chi connectivity index (χ0n) is 14.6. The van der Waals surface area contributed by atoms with Crippen molar-refractivity contribution in [3.63, 3.8) is 0 Å². The van der Waals surface area contributed by atoms with E-state index in [1.807, 2.05) is 5.38 Å². The monoisotopic (exact) mass is 433 g/mol. The molecule has 2 aromatic carbocycles. The first-order valence-electron chi connectivity index (χ1n) is 8.20. The first-order valence-corrected chi connectivity index (χ1v) is 10.4. The highest BCUT2D eigenvalue weighted by molar-refractivity contribution is 7.98. The molecule has 0 saturated carbocycles. The number of carbonyl (C=O) groups is 1. The minimum absolute atomic E-state index is 0.180. The summed E-state index contributed by atoms with van der Waals surface area (Å²) in [6, 6.07) is 11.4. The average molecular weight is 434 g/mol. The number of amides is 1. The van der Waals surface area contributed by atoms with Crippen LogP contribution in [0.1, 0.15) is 12.6 Å². The Kier molecular flexibility index (Phi) is 5.34. The third-order valence-electron chi connectivity index (χ3n) is 3.81. The van der Waals surface area contributed by atoms with Gasteiger partial charge in [-0.15, -0.1) is 11.3 Å². The lowest BCUT2D eigenvalue weighted by molar-refractivity contribution is -0.115. The van der Waals surface area contributed by atoms with Gasteiger partial charge < -0.3 is 4.42 Å².